The molecule has 8 heteroatoms. The Morgan fingerprint density at radius 2 is 1.65 bits per heavy atom. The van der Waals surface area contributed by atoms with E-state index in [1.165, 1.54) is 0 Å². The number of hydrogen-bond donors (Lipinski definition) is 1. The van der Waals surface area contributed by atoms with Crippen LogP contribution in [0.5, 0.6) is 11.5 Å². The summed E-state index contributed by atoms with van der Waals surface area (Å²) < 4.78 is 19.2. The van der Waals surface area contributed by atoms with E-state index in [2.05, 4.69) is 43.2 Å². The molecule has 40 heavy (non-hydrogen) atoms. The molecule has 0 aliphatic carbocycles. The largest absolute Gasteiger partial charge is 0.497 e. The van der Waals surface area contributed by atoms with Crippen LogP contribution < -0.4 is 14.8 Å². The highest BCUT2D eigenvalue weighted by atomic mass is 28.3. The summed E-state index contributed by atoms with van der Waals surface area (Å²) in [5, 5.41) is 9.34. The first-order chi connectivity index (χ1) is 19.4. The lowest BCUT2D eigenvalue weighted by Crippen LogP contribution is -2.22. The van der Waals surface area contributed by atoms with E-state index in [0.29, 0.717) is 13.3 Å². The smallest absolute Gasteiger partial charge is 0.160 e. The summed E-state index contributed by atoms with van der Waals surface area (Å²) in [6, 6.07) is 29.2. The highest BCUT2D eigenvalue weighted by Gasteiger charge is 2.16. The first-order valence-corrected chi connectivity index (χ1v) is 17.2. The predicted octanol–water partition coefficient (Wildman–Crippen LogP) is 7.74. The normalized spacial score (nSPS) is 11.5. The number of nitrogens with zero attached hydrogens (tertiary/aromatic N) is 3. The fourth-order valence-corrected chi connectivity index (χ4v) is 5.04. The Morgan fingerprint density at radius 1 is 0.850 bits per heavy atom. The first-order valence-electron chi connectivity index (χ1n) is 13.5. The molecule has 0 aliphatic heterocycles. The number of benzene rings is 3. The lowest BCUT2D eigenvalue weighted by atomic mass is 10.1. The van der Waals surface area contributed by atoms with Crippen LogP contribution in [0.1, 0.15) is 5.56 Å². The van der Waals surface area contributed by atoms with Crippen LogP contribution in [-0.2, 0) is 18.1 Å². The van der Waals surface area contributed by atoms with Crippen molar-refractivity contribution in [2.24, 2.45) is 0 Å². The Bertz CT molecular complexity index is 1550. The van der Waals surface area contributed by atoms with Crippen molar-refractivity contribution in [1.82, 2.24) is 14.8 Å². The Balaban J connectivity index is 1.39. The fraction of sp³-hybridized carbons (Fsp3) is 0.250. The van der Waals surface area contributed by atoms with Crippen molar-refractivity contribution in [3.05, 3.63) is 96.7 Å². The van der Waals surface area contributed by atoms with Crippen LogP contribution in [0, 0.1) is 0 Å². The highest BCUT2D eigenvalue weighted by molar-refractivity contribution is 6.76. The Labute approximate surface area is 236 Å². The summed E-state index contributed by atoms with van der Waals surface area (Å²) in [4.78, 5) is 4.79. The van der Waals surface area contributed by atoms with Crippen LogP contribution in [0.25, 0.3) is 22.3 Å². The lowest BCUT2D eigenvalue weighted by Gasteiger charge is -2.15. The summed E-state index contributed by atoms with van der Waals surface area (Å²) in [5.74, 6) is 1.60. The van der Waals surface area contributed by atoms with Crippen molar-refractivity contribution in [1.29, 1.82) is 0 Å². The van der Waals surface area contributed by atoms with Gasteiger partial charge in [0.2, 0.25) is 0 Å². The minimum Gasteiger partial charge on any atom is -0.497 e. The molecule has 7 nitrogen and oxygen atoms in total. The third-order valence-electron chi connectivity index (χ3n) is 6.53. The van der Waals surface area contributed by atoms with E-state index in [9.17, 15) is 0 Å². The van der Waals surface area contributed by atoms with Gasteiger partial charge in [0.15, 0.2) is 5.65 Å². The molecule has 0 bridgehead atoms. The Kier molecular flexibility index (Phi) is 8.47. The van der Waals surface area contributed by atoms with E-state index in [-0.39, 0.29) is 0 Å². The number of rotatable bonds is 12. The van der Waals surface area contributed by atoms with Crippen LogP contribution in [0.2, 0.25) is 25.7 Å². The van der Waals surface area contributed by atoms with Crippen molar-refractivity contribution < 1.29 is 14.2 Å². The van der Waals surface area contributed by atoms with Gasteiger partial charge in [-0.2, -0.15) is 5.10 Å². The summed E-state index contributed by atoms with van der Waals surface area (Å²) >= 11 is 0. The van der Waals surface area contributed by atoms with Crippen molar-refractivity contribution in [2.45, 2.75) is 39.0 Å². The van der Waals surface area contributed by atoms with Crippen molar-refractivity contribution >= 4 is 30.5 Å². The van der Waals surface area contributed by atoms with Crippen LogP contribution in [-0.4, -0.2) is 36.6 Å². The van der Waals surface area contributed by atoms with Crippen molar-refractivity contribution in [3.8, 4) is 22.8 Å². The molecule has 2 heterocycles. The molecule has 206 valence electrons. The molecular weight excluding hydrogens is 516 g/mol. The van der Waals surface area contributed by atoms with E-state index in [1.807, 2.05) is 77.6 Å². The molecular formula is C32H36N4O3Si. The summed E-state index contributed by atoms with van der Waals surface area (Å²) in [6.07, 6.45) is 1.83. The third kappa shape index (κ3) is 7.08. The molecule has 1 N–H and O–H groups in total. The van der Waals surface area contributed by atoms with Crippen LogP contribution in [0.4, 0.5) is 11.4 Å². The van der Waals surface area contributed by atoms with Crippen molar-refractivity contribution in [2.75, 3.05) is 19.0 Å². The molecule has 0 saturated carbocycles. The van der Waals surface area contributed by atoms with E-state index >= 15 is 0 Å². The highest BCUT2D eigenvalue weighted by Crippen LogP contribution is 2.31. The maximum atomic E-state index is 6.03. The predicted molar refractivity (Wildman–Crippen MR) is 164 cm³/mol. The second-order valence-electron chi connectivity index (χ2n) is 10.9. The number of ether oxygens (including phenoxy) is 3. The van der Waals surface area contributed by atoms with Gasteiger partial charge in [0.05, 0.1) is 19.0 Å². The summed E-state index contributed by atoms with van der Waals surface area (Å²) in [7, 11) is 0.491. The monoisotopic (exact) mass is 552 g/mol. The van der Waals surface area contributed by atoms with Gasteiger partial charge < -0.3 is 19.5 Å². The van der Waals surface area contributed by atoms with Gasteiger partial charge in [-0.1, -0.05) is 56.0 Å². The van der Waals surface area contributed by atoms with E-state index in [0.717, 1.165) is 63.4 Å². The number of aromatic nitrogens is 3. The lowest BCUT2D eigenvalue weighted by molar-refractivity contribution is 0.0814. The zero-order valence-electron chi connectivity index (χ0n) is 23.6. The number of methoxy groups -OCH3 is 1. The molecule has 0 aliphatic rings. The molecule has 0 saturated heterocycles. The maximum Gasteiger partial charge on any atom is 0.160 e. The average Bonchev–Trinajstić information content (AvgIpc) is 3.32. The summed E-state index contributed by atoms with van der Waals surface area (Å²) in [5.41, 5.74) is 5.53. The second kappa shape index (κ2) is 12.4. The van der Waals surface area contributed by atoms with Gasteiger partial charge in [-0.25, -0.2) is 9.67 Å². The van der Waals surface area contributed by atoms with Gasteiger partial charge in [-0.3, -0.25) is 0 Å². The average molecular weight is 553 g/mol. The maximum absolute atomic E-state index is 6.03. The Morgan fingerprint density at radius 3 is 2.40 bits per heavy atom. The van der Waals surface area contributed by atoms with Gasteiger partial charge >= 0.3 is 0 Å². The molecule has 5 rings (SSSR count). The van der Waals surface area contributed by atoms with Gasteiger partial charge in [0, 0.05) is 37.4 Å². The minimum atomic E-state index is -1.18. The number of pyridine rings is 1. The molecule has 0 amide bonds. The minimum absolute atomic E-state index is 0.359. The zero-order valence-corrected chi connectivity index (χ0v) is 24.6. The molecule has 0 fully saturated rings. The van der Waals surface area contributed by atoms with Crippen LogP contribution >= 0.6 is 0 Å². The molecule has 0 spiro atoms. The SMILES string of the molecule is COc1ccc(-c2nn(COCC[Si](C)(C)C)c3ncc(Nc4cccc(OCc5ccccc5)c4)cc23)cc1. The van der Waals surface area contributed by atoms with Gasteiger partial charge in [0.25, 0.3) is 0 Å². The van der Waals surface area contributed by atoms with Gasteiger partial charge in [0.1, 0.15) is 30.5 Å². The third-order valence-corrected chi connectivity index (χ3v) is 8.24. The topological polar surface area (TPSA) is 70.4 Å². The zero-order chi connectivity index (χ0) is 28.0. The molecule has 0 atom stereocenters. The number of hydrogen-bond acceptors (Lipinski definition) is 6. The van der Waals surface area contributed by atoms with E-state index in [4.69, 9.17) is 24.3 Å². The molecule has 5 aromatic rings. The first kappa shape index (κ1) is 27.4. The number of nitrogens with one attached hydrogen (secondary N) is 1. The molecule has 2 aromatic heterocycles. The molecule has 0 radical (unpaired) electrons. The van der Waals surface area contributed by atoms with Crippen LogP contribution in [0.3, 0.4) is 0 Å². The molecule has 0 unspecified atom stereocenters. The van der Waals surface area contributed by atoms with E-state index < -0.39 is 8.07 Å². The van der Waals surface area contributed by atoms with Crippen LogP contribution in [0.15, 0.2) is 91.1 Å². The fourth-order valence-electron chi connectivity index (χ4n) is 4.28. The van der Waals surface area contributed by atoms with Crippen molar-refractivity contribution in [3.63, 3.8) is 0 Å². The second-order valence-corrected chi connectivity index (χ2v) is 16.6. The van der Waals surface area contributed by atoms with Gasteiger partial charge in [-0.15, -0.1) is 0 Å². The quantitative estimate of drug-likeness (QED) is 0.126. The summed E-state index contributed by atoms with van der Waals surface area (Å²) in [6.45, 7) is 8.64. The Hall–Kier alpha value is -4.14. The standard InChI is InChI=1S/C32H36N4O3Si/c1-37-28-15-13-25(14-16-28)31-30-20-27(21-33-32(30)36(35-31)23-38-17-18-40(2,3)4)34-26-11-8-12-29(19-26)39-22-24-9-6-5-7-10-24/h5-16,19-21,34H,17-18,22-23H2,1-4H3. The number of fused-ring (bicyclic) bond motifs is 1. The van der Waals surface area contributed by atoms with Gasteiger partial charge in [-0.05, 0) is 54.1 Å². The van der Waals surface area contributed by atoms with E-state index in [1.54, 1.807) is 7.11 Å². The molecule has 3 aromatic carbocycles. The number of anilines is 2.